The van der Waals surface area contributed by atoms with Crippen LogP contribution >= 0.6 is 0 Å². The van der Waals surface area contributed by atoms with Crippen LogP contribution in [0.1, 0.15) is 35.8 Å². The Labute approximate surface area is 244 Å². The van der Waals surface area contributed by atoms with Crippen LogP contribution in [0.4, 0.5) is 26.3 Å². The molecule has 2 N–H and O–H groups in total. The first kappa shape index (κ1) is 33.5. The number of benzene rings is 2. The van der Waals surface area contributed by atoms with Crippen molar-refractivity contribution in [2.75, 3.05) is 14.2 Å². The highest BCUT2D eigenvalue weighted by Crippen LogP contribution is 2.41. The first-order valence-corrected chi connectivity index (χ1v) is 12.3. The molecule has 0 aliphatic heterocycles. The first-order chi connectivity index (χ1) is 20.5. The van der Waals surface area contributed by atoms with Crippen LogP contribution in [0.15, 0.2) is 71.2 Å². The molecule has 0 saturated heterocycles. The Bertz CT molecular complexity index is 1380. The van der Waals surface area contributed by atoms with Gasteiger partial charge < -0.3 is 29.2 Å². The maximum absolute atomic E-state index is 13.5. The van der Waals surface area contributed by atoms with E-state index in [2.05, 4.69) is 18.9 Å². The van der Waals surface area contributed by atoms with E-state index in [0.29, 0.717) is 0 Å². The number of hydrogen-bond acceptors (Lipinski definition) is 10. The lowest BCUT2D eigenvalue weighted by Crippen LogP contribution is -2.31. The number of ketones is 2. The fourth-order valence-corrected chi connectivity index (χ4v) is 4.44. The number of carbonyl (C=O) groups is 4. The summed E-state index contributed by atoms with van der Waals surface area (Å²) >= 11 is 0. The lowest BCUT2D eigenvalue weighted by molar-refractivity contribution is -0.275. The van der Waals surface area contributed by atoms with Gasteiger partial charge in [-0.1, -0.05) is 24.3 Å². The fourth-order valence-electron chi connectivity index (χ4n) is 4.44. The van der Waals surface area contributed by atoms with Crippen molar-refractivity contribution in [3.05, 3.63) is 82.3 Å². The molecule has 0 saturated carbocycles. The predicted octanol–water partition coefficient (Wildman–Crippen LogP) is 5.25. The summed E-state index contributed by atoms with van der Waals surface area (Å²) in [6.45, 7) is 0. The Kier molecular flexibility index (Phi) is 9.96. The van der Waals surface area contributed by atoms with Gasteiger partial charge in [0.15, 0.2) is 11.5 Å². The second-order valence-electron chi connectivity index (χ2n) is 9.08. The van der Waals surface area contributed by atoms with Gasteiger partial charge in [0.25, 0.3) is 0 Å². The highest BCUT2D eigenvalue weighted by molar-refractivity contribution is 6.24. The van der Waals surface area contributed by atoms with Crippen molar-refractivity contribution in [1.29, 1.82) is 0 Å². The third-order valence-electron chi connectivity index (χ3n) is 6.36. The van der Waals surface area contributed by atoms with Gasteiger partial charge in [0.2, 0.25) is 11.6 Å². The number of ether oxygens (including phenoxy) is 4. The highest BCUT2D eigenvalue weighted by atomic mass is 19.4. The number of esters is 2. The molecule has 1 aliphatic carbocycles. The maximum atomic E-state index is 13.5. The zero-order valence-corrected chi connectivity index (χ0v) is 22.6. The SMILES string of the molecule is COC(=O)C[C@H](C1=C(O)C(=O)C([C@H](CC(=O)OC)c2ccc(OC(F)(F)F)cc2)=C(O)C1=O)c1ccc(OC(F)(F)F)cc1. The second kappa shape index (κ2) is 13.1. The van der Waals surface area contributed by atoms with E-state index in [1.54, 1.807) is 0 Å². The van der Waals surface area contributed by atoms with Crippen LogP contribution in [0.25, 0.3) is 0 Å². The number of aliphatic hydroxyl groups is 2. The fraction of sp³-hybridized carbons (Fsp3) is 0.286. The molecule has 0 fully saturated rings. The molecule has 0 aromatic heterocycles. The molecule has 0 heterocycles. The largest absolute Gasteiger partial charge is 0.573 e. The minimum atomic E-state index is -5.03. The van der Waals surface area contributed by atoms with Gasteiger partial charge in [0.1, 0.15) is 11.5 Å². The number of halogens is 6. The smallest absolute Gasteiger partial charge is 0.504 e. The number of alkyl halides is 6. The third-order valence-corrected chi connectivity index (χ3v) is 6.36. The van der Waals surface area contributed by atoms with Crippen molar-refractivity contribution in [3.8, 4) is 11.5 Å². The lowest BCUT2D eigenvalue weighted by atomic mass is 9.76. The minimum Gasteiger partial charge on any atom is -0.504 e. The number of carbonyl (C=O) groups excluding carboxylic acids is 4. The average molecular weight is 632 g/mol. The Morgan fingerprint density at radius 3 is 1.18 bits per heavy atom. The third kappa shape index (κ3) is 8.08. The van der Waals surface area contributed by atoms with Crippen LogP contribution in [0.3, 0.4) is 0 Å². The van der Waals surface area contributed by atoms with E-state index < -0.39 is 95.1 Å². The molecule has 10 nitrogen and oxygen atoms in total. The number of hydrogen-bond donors (Lipinski definition) is 2. The van der Waals surface area contributed by atoms with Gasteiger partial charge in [-0.25, -0.2) is 0 Å². The number of rotatable bonds is 10. The minimum absolute atomic E-state index is 0.0600. The molecule has 0 radical (unpaired) electrons. The average Bonchev–Trinajstić information content (AvgIpc) is 2.94. The van der Waals surface area contributed by atoms with Crippen LogP contribution in [-0.2, 0) is 28.7 Å². The summed E-state index contributed by atoms with van der Waals surface area (Å²) in [5.41, 5.74) is -1.74. The van der Waals surface area contributed by atoms with E-state index >= 15 is 0 Å². The van der Waals surface area contributed by atoms with Crippen LogP contribution in [0, 0.1) is 0 Å². The van der Waals surface area contributed by atoms with Crippen LogP contribution in [-0.4, -0.2) is 60.7 Å². The molecule has 0 bridgehead atoms. The molecule has 16 heteroatoms. The van der Waals surface area contributed by atoms with Crippen LogP contribution < -0.4 is 9.47 Å². The summed E-state index contributed by atoms with van der Waals surface area (Å²) in [6.07, 6.45) is -11.5. The Balaban J connectivity index is 2.09. The molecule has 3 rings (SSSR count). The summed E-state index contributed by atoms with van der Waals surface area (Å²) in [6, 6.07) is 7.47. The van der Waals surface area contributed by atoms with Crippen molar-refractivity contribution in [3.63, 3.8) is 0 Å². The van der Waals surface area contributed by atoms with Gasteiger partial charge >= 0.3 is 24.7 Å². The lowest BCUT2D eigenvalue weighted by Gasteiger charge is -2.27. The summed E-state index contributed by atoms with van der Waals surface area (Å²) in [5.74, 6) is -11.6. The van der Waals surface area contributed by atoms with Crippen molar-refractivity contribution < 1.29 is 74.7 Å². The number of aliphatic hydroxyl groups excluding tert-OH is 2. The standard InChI is InChI=1S/C28H22F6O10/c1-41-19(35)11-17(13-3-7-15(8-4-13)43-27(29,30)31)21-23(37)25(39)22(26(40)24(21)38)18(12-20(36)42-2)14-5-9-16(10-6-14)44-28(32,33)34/h3-10,17-18,37,40H,11-12H2,1-2H3/t17-,18+. The molecule has 2 aromatic rings. The number of methoxy groups -OCH3 is 2. The molecule has 44 heavy (non-hydrogen) atoms. The van der Waals surface area contributed by atoms with Crippen LogP contribution in [0.5, 0.6) is 11.5 Å². The van der Waals surface area contributed by atoms with E-state index in [1.165, 1.54) is 0 Å². The number of allylic oxidation sites excluding steroid dienone is 2. The van der Waals surface area contributed by atoms with E-state index in [4.69, 9.17) is 0 Å². The van der Waals surface area contributed by atoms with Gasteiger partial charge in [-0.15, -0.1) is 26.3 Å². The predicted molar refractivity (Wildman–Crippen MR) is 134 cm³/mol. The molecule has 0 amide bonds. The topological polar surface area (TPSA) is 146 Å². The van der Waals surface area contributed by atoms with Crippen molar-refractivity contribution in [2.45, 2.75) is 37.4 Å². The zero-order chi connectivity index (χ0) is 33.0. The summed E-state index contributed by atoms with van der Waals surface area (Å²) in [7, 11) is 1.97. The van der Waals surface area contributed by atoms with E-state index in [-0.39, 0.29) is 11.1 Å². The highest BCUT2D eigenvalue weighted by Gasteiger charge is 2.43. The van der Waals surface area contributed by atoms with Crippen molar-refractivity contribution >= 4 is 23.5 Å². The Morgan fingerprint density at radius 1 is 0.636 bits per heavy atom. The second-order valence-corrected chi connectivity index (χ2v) is 9.08. The Morgan fingerprint density at radius 2 is 0.932 bits per heavy atom. The van der Waals surface area contributed by atoms with Gasteiger partial charge in [0, 0.05) is 11.8 Å². The van der Waals surface area contributed by atoms with Crippen LogP contribution in [0.2, 0.25) is 0 Å². The zero-order valence-electron chi connectivity index (χ0n) is 22.6. The maximum Gasteiger partial charge on any atom is 0.573 e. The van der Waals surface area contributed by atoms with Crippen molar-refractivity contribution in [2.24, 2.45) is 0 Å². The molecule has 0 spiro atoms. The molecule has 0 unspecified atom stereocenters. The quantitative estimate of drug-likeness (QED) is 0.202. The normalized spacial score (nSPS) is 15.5. The van der Waals surface area contributed by atoms with E-state index in [0.717, 1.165) is 62.8 Å². The van der Waals surface area contributed by atoms with Gasteiger partial charge in [0.05, 0.1) is 38.2 Å². The number of Topliss-reactive ketones (excluding diaryl/α,β-unsaturated/α-hetero) is 2. The van der Waals surface area contributed by atoms with Gasteiger partial charge in [-0.2, -0.15) is 0 Å². The Hall–Kier alpha value is -5.02. The van der Waals surface area contributed by atoms with Gasteiger partial charge in [-0.05, 0) is 35.4 Å². The first-order valence-electron chi connectivity index (χ1n) is 12.3. The molecule has 1 aliphatic rings. The molecule has 2 aromatic carbocycles. The van der Waals surface area contributed by atoms with Crippen molar-refractivity contribution in [1.82, 2.24) is 0 Å². The van der Waals surface area contributed by atoms with E-state index in [9.17, 15) is 55.7 Å². The summed E-state index contributed by atoms with van der Waals surface area (Å²) < 4.78 is 92.3. The monoisotopic (exact) mass is 632 g/mol. The van der Waals surface area contributed by atoms with Gasteiger partial charge in [-0.3, -0.25) is 19.2 Å². The summed E-state index contributed by atoms with van der Waals surface area (Å²) in [4.78, 5) is 51.3. The molecular weight excluding hydrogens is 610 g/mol. The van der Waals surface area contributed by atoms with E-state index in [1.807, 2.05) is 0 Å². The summed E-state index contributed by atoms with van der Waals surface area (Å²) in [5, 5.41) is 21.9. The molecular formula is C28H22F6O10. The molecule has 2 atom stereocenters. The molecule has 236 valence electrons.